The number of hydrogen-bond acceptors (Lipinski definition) is 11. The first-order chi connectivity index (χ1) is 12.7. The second-order valence-corrected chi connectivity index (χ2v) is 9.78. The molecule has 1 saturated heterocycles. The smallest absolute Gasteiger partial charge is 0.390 e. The fraction of sp³-hybridized carbons (Fsp3) is 0.556. The first-order valence-electron chi connectivity index (χ1n) is 7.14. The molecule has 0 spiro atoms. The highest BCUT2D eigenvalue weighted by Crippen LogP contribution is 2.66. The summed E-state index contributed by atoms with van der Waals surface area (Å²) >= 11 is 0. The first kappa shape index (κ1) is 23.3. The number of phosphoric ester groups is 1. The molecule has 2 heterocycles. The first-order valence-corrected chi connectivity index (χ1v) is 11.7. The molecule has 1 aliphatic heterocycles. The van der Waals surface area contributed by atoms with Gasteiger partial charge in [-0.2, -0.15) is 13.6 Å². The molecule has 0 aromatic carbocycles. The van der Waals surface area contributed by atoms with Crippen molar-refractivity contribution in [2.75, 3.05) is 12.3 Å². The van der Waals surface area contributed by atoms with Gasteiger partial charge >= 0.3 is 29.2 Å². The molecule has 5 atom stereocenters. The zero-order chi connectivity index (χ0) is 21.3. The number of hydrogen-bond donors (Lipinski definition) is 6. The van der Waals surface area contributed by atoms with Gasteiger partial charge in [0.1, 0.15) is 18.1 Å². The van der Waals surface area contributed by atoms with E-state index in [2.05, 4.69) is 18.1 Å². The van der Waals surface area contributed by atoms with E-state index in [1.165, 1.54) is 12.3 Å². The van der Waals surface area contributed by atoms with Crippen molar-refractivity contribution in [1.29, 1.82) is 0 Å². The zero-order valence-electron chi connectivity index (χ0n) is 13.6. The molecule has 1 aromatic heterocycles. The van der Waals surface area contributed by atoms with Gasteiger partial charge in [-0.25, -0.2) is 18.5 Å². The Labute approximate surface area is 155 Å². The van der Waals surface area contributed by atoms with Gasteiger partial charge in [-0.1, -0.05) is 0 Å². The summed E-state index contributed by atoms with van der Waals surface area (Å²) in [5, 5.41) is 9.94. The fourth-order valence-corrected chi connectivity index (χ4v) is 5.18. The number of ether oxygens (including phenoxy) is 1. The van der Waals surface area contributed by atoms with Crippen LogP contribution in [0.3, 0.4) is 0 Å². The lowest BCUT2D eigenvalue weighted by atomic mass is 11.1. The molecule has 0 aliphatic carbocycles. The summed E-state index contributed by atoms with van der Waals surface area (Å²) in [4.78, 5) is 50.5. The van der Waals surface area contributed by atoms with Crippen LogP contribution in [0.15, 0.2) is 17.1 Å². The summed E-state index contributed by atoms with van der Waals surface area (Å²) in [5.41, 5.74) is 4.58. The Morgan fingerprint density at radius 1 is 1.21 bits per heavy atom. The summed E-state index contributed by atoms with van der Waals surface area (Å²) in [7, 11) is -16.5. The van der Waals surface area contributed by atoms with Crippen LogP contribution in [-0.2, 0) is 31.6 Å². The number of nitrogen functional groups attached to an aromatic ring is 1. The monoisotopic (exact) mass is 479 g/mol. The normalized spacial score (nSPS) is 27.2. The SMILES string of the molecule is [15NH2][13c]1[13cH][13cH][15n]([13C@H]2[13CH2][13CH](O)[13C@@H]([13CH2]OP(=O)(O)OP(=O)(O)OP(=O)(O)O)O2)[13c](=O)[15n]1. The molecule has 1 fully saturated rings. The third-order valence-electron chi connectivity index (χ3n) is 3.18. The standard InChI is InChI=1S/C9H16N3O13P3/c10-7-1-2-12(9(14)11-7)8-3-5(13)6(23-8)4-22-27(18,19)25-28(20,21)24-26(15,16)17/h1-2,5-6,8,13H,3-4H2,(H,18,19)(H,20,21)(H2,10,11,14)(H2,15,16,17)/t5?,6-,8-/m1/s1/i1+1,2+1,3+1,4+1,5+1,6+1,7+1,8+1,9+1,10+1,11+1,12+1. The predicted molar refractivity (Wildman–Crippen MR) is 87.3 cm³/mol. The van der Waals surface area contributed by atoms with E-state index < -0.39 is 54.2 Å². The number of aliphatic hydroxyl groups excluding tert-OH is 1. The number of aromatic nitrogens is 2. The van der Waals surface area contributed by atoms with Crippen LogP contribution in [0.5, 0.6) is 0 Å². The minimum atomic E-state index is -5.65. The quantitative estimate of drug-likeness (QED) is 0.146. The van der Waals surface area contributed by atoms with Gasteiger partial charge in [-0.05, 0) is 6.07 Å². The maximum absolute atomic E-state index is 11.8. The Morgan fingerprint density at radius 2 is 1.86 bits per heavy atom. The Balaban J connectivity index is 1.98. The Morgan fingerprint density at radius 3 is 2.43 bits per heavy atom. The molecule has 0 radical (unpaired) electrons. The van der Waals surface area contributed by atoms with Crippen molar-refractivity contribution in [3.05, 3.63) is 22.7 Å². The van der Waals surface area contributed by atoms with Gasteiger partial charge in [0, 0.05) is 12.6 Å². The Kier molecular flexibility index (Phi) is 6.99. The molecular weight excluding hydrogens is 463 g/mol. The molecule has 3 unspecified atom stereocenters. The van der Waals surface area contributed by atoms with Gasteiger partial charge in [0.25, 0.3) is 0 Å². The van der Waals surface area contributed by atoms with E-state index in [0.29, 0.717) is 0 Å². The largest absolute Gasteiger partial charge is 0.490 e. The van der Waals surface area contributed by atoms with Crippen LogP contribution in [0.4, 0.5) is 5.82 Å². The number of nitrogens with zero attached hydrogens (tertiary/aromatic N) is 2. The molecule has 16 nitrogen and oxygen atoms in total. The lowest BCUT2D eigenvalue weighted by molar-refractivity contribution is -0.0449. The molecule has 0 saturated carbocycles. The van der Waals surface area contributed by atoms with Crippen molar-refractivity contribution in [2.45, 2.75) is 24.9 Å². The molecule has 28 heavy (non-hydrogen) atoms. The molecule has 7 N–H and O–H groups in total. The minimum Gasteiger partial charge on any atom is -0.390 e. The minimum absolute atomic E-state index is 0.0380. The van der Waals surface area contributed by atoms with Crippen molar-refractivity contribution >= 4 is 29.3 Å². The molecule has 19 heteroatoms. The van der Waals surface area contributed by atoms with E-state index in [9.17, 15) is 28.5 Å². The summed E-state index contributed by atoms with van der Waals surface area (Å²) in [6, 6.07) is 1.30. The number of nitrogens with two attached hydrogens (primary N) is 1. The van der Waals surface area contributed by atoms with Gasteiger partial charge in [0.2, 0.25) is 0 Å². The Bertz CT molecular complexity index is 914. The van der Waals surface area contributed by atoms with Crippen molar-refractivity contribution in [3.8, 4) is 0 Å². The zero-order valence-corrected chi connectivity index (χ0v) is 16.3. The molecule has 0 bridgehead atoms. The number of phosphoric acid groups is 3. The lowest BCUT2D eigenvalue weighted by Gasteiger charge is -2.19. The molecule has 160 valence electrons. The van der Waals surface area contributed by atoms with E-state index in [4.69, 9.17) is 25.2 Å². The van der Waals surface area contributed by atoms with Crippen LogP contribution < -0.4 is 11.4 Å². The van der Waals surface area contributed by atoms with Crippen molar-refractivity contribution < 1.29 is 56.3 Å². The van der Waals surface area contributed by atoms with Crippen LogP contribution in [0.25, 0.3) is 0 Å². The predicted octanol–water partition coefficient (Wildman–Crippen LogP) is -1.18. The van der Waals surface area contributed by atoms with Crippen molar-refractivity contribution in [2.24, 2.45) is 0 Å². The van der Waals surface area contributed by atoms with Crippen LogP contribution in [0.1, 0.15) is 12.6 Å². The average Bonchev–Trinajstić information content (AvgIpc) is 2.82. The average molecular weight is 479 g/mol. The fourth-order valence-electron chi connectivity index (χ4n) is 2.15. The number of anilines is 1. The summed E-state index contributed by atoms with van der Waals surface area (Å²) in [6.07, 6.45) is -2.42. The van der Waals surface area contributed by atoms with Crippen LogP contribution >= 0.6 is 23.5 Å². The highest BCUT2D eigenvalue weighted by molar-refractivity contribution is 7.66. The summed E-state index contributed by atoms with van der Waals surface area (Å²) < 4.78 is 51.2. The topological polar surface area (TPSA) is 250 Å². The molecule has 0 amide bonds. The van der Waals surface area contributed by atoms with Crippen molar-refractivity contribution in [3.63, 3.8) is 0 Å². The Hall–Kier alpha value is -0.990. The van der Waals surface area contributed by atoms with E-state index in [0.717, 1.165) is 4.57 Å². The highest BCUT2D eigenvalue weighted by Gasteiger charge is 2.42. The third kappa shape index (κ3) is 6.81. The van der Waals surface area contributed by atoms with Crippen LogP contribution in [0, 0.1) is 0 Å². The van der Waals surface area contributed by atoms with Gasteiger partial charge in [0.05, 0.1) is 12.7 Å². The van der Waals surface area contributed by atoms with Crippen molar-refractivity contribution in [1.82, 2.24) is 9.55 Å². The highest BCUT2D eigenvalue weighted by atomic mass is 31.3. The molecular formula is C9H16N3O13P3. The molecule has 1 aromatic rings. The maximum atomic E-state index is 11.8. The lowest BCUT2D eigenvalue weighted by Crippen LogP contribution is -2.28. The van der Waals surface area contributed by atoms with E-state index in [1.54, 1.807) is 0 Å². The summed E-state index contributed by atoms with van der Waals surface area (Å²) in [5.74, 6) is -0.0380. The molecule has 1 aliphatic rings. The van der Waals surface area contributed by atoms with Gasteiger partial charge in [-0.3, -0.25) is 9.09 Å². The molecule has 2 rings (SSSR count). The number of rotatable bonds is 8. The maximum Gasteiger partial charge on any atom is 0.490 e. The number of aliphatic hydroxyl groups is 1. The second-order valence-electron chi connectivity index (χ2n) is 5.36. The van der Waals surface area contributed by atoms with E-state index in [1.807, 2.05) is 0 Å². The second kappa shape index (κ2) is 8.40. The van der Waals surface area contributed by atoms with Gasteiger partial charge in [-0.15, -0.1) is 0 Å². The van der Waals surface area contributed by atoms with Gasteiger partial charge < -0.3 is 35.2 Å². The van der Waals surface area contributed by atoms with Crippen LogP contribution in [-0.4, -0.2) is 53.0 Å². The van der Waals surface area contributed by atoms with Crippen LogP contribution in [0.2, 0.25) is 0 Å². The van der Waals surface area contributed by atoms with Gasteiger partial charge in [0.15, 0.2) is 0 Å². The third-order valence-corrected chi connectivity index (χ3v) is 6.99. The summed E-state index contributed by atoms with van der Waals surface area (Å²) in [6.45, 7) is -0.849. The van der Waals surface area contributed by atoms with E-state index >= 15 is 0 Å². The van der Waals surface area contributed by atoms with E-state index in [-0.39, 0.29) is 12.2 Å².